The molecule has 0 radical (unpaired) electrons. The molecule has 0 amide bonds. The van der Waals surface area contributed by atoms with Gasteiger partial charge in [-0.15, -0.1) is 0 Å². The lowest BCUT2D eigenvalue weighted by molar-refractivity contribution is 0.630. The number of rotatable bonds is 0. The molecule has 7 rings (SSSR count). The van der Waals surface area contributed by atoms with Gasteiger partial charge in [0.1, 0.15) is 0 Å². The van der Waals surface area contributed by atoms with Gasteiger partial charge in [0.05, 0.1) is 5.52 Å². The maximum atomic E-state index is 3.74. The van der Waals surface area contributed by atoms with Crippen molar-refractivity contribution in [2.75, 3.05) is 0 Å². The van der Waals surface area contributed by atoms with E-state index in [1.165, 1.54) is 45.8 Å². The van der Waals surface area contributed by atoms with Crippen LogP contribution in [0.25, 0.3) is 27.4 Å². The summed E-state index contributed by atoms with van der Waals surface area (Å²) in [6.07, 6.45) is 17.5. The number of allylic oxidation sites excluding steroid dienone is 10. The van der Waals surface area contributed by atoms with Crippen LogP contribution in [0.4, 0.5) is 0 Å². The van der Waals surface area contributed by atoms with Crippen LogP contribution in [0.15, 0.2) is 89.6 Å². The fraction of sp³-hybridized carbons (Fsp3) is 0.185. The maximum Gasteiger partial charge on any atom is 0.0506 e. The highest BCUT2D eigenvalue weighted by Crippen LogP contribution is 2.54. The van der Waals surface area contributed by atoms with Gasteiger partial charge in [-0.05, 0) is 52.3 Å². The van der Waals surface area contributed by atoms with Crippen molar-refractivity contribution in [3.8, 4) is 0 Å². The fourth-order valence-corrected chi connectivity index (χ4v) is 6.00. The molecule has 0 saturated heterocycles. The SMILES string of the molecule is C1=CC2C3=C(CCC=C3)C3=C(c4ccc5c([nH]c6ccccc65)c4C3)C2C=C1. The second kappa shape index (κ2) is 5.26. The van der Waals surface area contributed by atoms with Crippen molar-refractivity contribution in [2.45, 2.75) is 19.3 Å². The van der Waals surface area contributed by atoms with Crippen molar-refractivity contribution in [3.05, 3.63) is 101 Å². The molecule has 0 saturated carbocycles. The van der Waals surface area contributed by atoms with Gasteiger partial charge >= 0.3 is 0 Å². The second-order valence-corrected chi connectivity index (χ2v) is 8.45. The molecule has 4 aliphatic carbocycles. The molecule has 1 nitrogen and oxygen atoms in total. The first-order valence-corrected chi connectivity index (χ1v) is 10.4. The minimum atomic E-state index is 0.476. The molecule has 1 heterocycles. The van der Waals surface area contributed by atoms with E-state index in [2.05, 4.69) is 77.8 Å². The number of para-hydroxylation sites is 1. The van der Waals surface area contributed by atoms with E-state index in [-0.39, 0.29) is 0 Å². The van der Waals surface area contributed by atoms with Crippen LogP contribution in [0.3, 0.4) is 0 Å². The topological polar surface area (TPSA) is 15.8 Å². The lowest BCUT2D eigenvalue weighted by Crippen LogP contribution is -2.23. The highest BCUT2D eigenvalue weighted by atomic mass is 14.7. The number of H-pyrrole nitrogens is 1. The summed E-state index contributed by atoms with van der Waals surface area (Å²) in [6.45, 7) is 0. The van der Waals surface area contributed by atoms with Crippen molar-refractivity contribution in [1.29, 1.82) is 0 Å². The summed E-state index contributed by atoms with van der Waals surface area (Å²) in [5, 5.41) is 2.70. The molecular weight excluding hydrogens is 338 g/mol. The van der Waals surface area contributed by atoms with E-state index in [1.807, 2.05) is 0 Å². The molecule has 134 valence electrons. The Bertz CT molecular complexity index is 1340. The van der Waals surface area contributed by atoms with Crippen LogP contribution >= 0.6 is 0 Å². The van der Waals surface area contributed by atoms with Crippen molar-refractivity contribution in [3.63, 3.8) is 0 Å². The minimum absolute atomic E-state index is 0.476. The van der Waals surface area contributed by atoms with Gasteiger partial charge in [0, 0.05) is 34.5 Å². The van der Waals surface area contributed by atoms with E-state index in [1.54, 1.807) is 22.3 Å². The standard InChI is InChI=1S/C27H21N/c1-2-9-18-16(7-1)17-8-3-4-11-20(17)26-21-13-14-22-19-10-5-6-12-25(19)28-27(22)24(21)15-23(18)26/h1,3-8,10-14,17,20,28H,2,9,15H2. The van der Waals surface area contributed by atoms with E-state index in [9.17, 15) is 0 Å². The number of fused-ring (bicyclic) bond motifs is 10. The summed E-state index contributed by atoms with van der Waals surface area (Å²) in [5.74, 6) is 0.976. The van der Waals surface area contributed by atoms with Gasteiger partial charge in [-0.3, -0.25) is 0 Å². The predicted molar refractivity (Wildman–Crippen MR) is 117 cm³/mol. The highest BCUT2D eigenvalue weighted by molar-refractivity contribution is 6.10. The zero-order valence-electron chi connectivity index (χ0n) is 15.7. The molecule has 0 bridgehead atoms. The zero-order valence-corrected chi connectivity index (χ0v) is 15.7. The van der Waals surface area contributed by atoms with Gasteiger partial charge in [-0.1, -0.05) is 66.8 Å². The van der Waals surface area contributed by atoms with Crippen LogP contribution in [-0.4, -0.2) is 4.98 Å². The number of benzene rings is 2. The van der Waals surface area contributed by atoms with E-state index in [0.29, 0.717) is 11.8 Å². The summed E-state index contributed by atoms with van der Waals surface area (Å²) < 4.78 is 0. The van der Waals surface area contributed by atoms with Gasteiger partial charge in [0.25, 0.3) is 0 Å². The number of nitrogens with one attached hydrogen (secondary N) is 1. The van der Waals surface area contributed by atoms with Crippen LogP contribution < -0.4 is 0 Å². The largest absolute Gasteiger partial charge is 0.354 e. The van der Waals surface area contributed by atoms with Crippen LogP contribution in [0.1, 0.15) is 24.0 Å². The third kappa shape index (κ3) is 1.77. The molecule has 2 atom stereocenters. The normalized spacial score (nSPS) is 24.7. The Morgan fingerprint density at radius 1 is 0.857 bits per heavy atom. The predicted octanol–water partition coefficient (Wildman–Crippen LogP) is 6.65. The number of hydrogen-bond acceptors (Lipinski definition) is 0. The average Bonchev–Trinajstić information content (AvgIpc) is 3.33. The Balaban J connectivity index is 1.51. The van der Waals surface area contributed by atoms with Gasteiger partial charge in [0.2, 0.25) is 0 Å². The smallest absolute Gasteiger partial charge is 0.0506 e. The summed E-state index contributed by atoms with van der Waals surface area (Å²) in [7, 11) is 0. The van der Waals surface area contributed by atoms with Gasteiger partial charge in [-0.2, -0.15) is 0 Å². The molecule has 1 N–H and O–H groups in total. The van der Waals surface area contributed by atoms with Crippen molar-refractivity contribution < 1.29 is 0 Å². The third-order valence-corrected chi connectivity index (χ3v) is 7.16. The van der Waals surface area contributed by atoms with E-state index in [0.717, 1.165) is 6.42 Å². The maximum absolute atomic E-state index is 3.74. The van der Waals surface area contributed by atoms with E-state index < -0.39 is 0 Å². The van der Waals surface area contributed by atoms with Gasteiger partial charge in [-0.25, -0.2) is 0 Å². The zero-order chi connectivity index (χ0) is 18.2. The Hall–Kier alpha value is -3.06. The number of aromatic nitrogens is 1. The van der Waals surface area contributed by atoms with E-state index >= 15 is 0 Å². The second-order valence-electron chi connectivity index (χ2n) is 8.45. The first-order chi connectivity index (χ1) is 13.9. The molecule has 28 heavy (non-hydrogen) atoms. The van der Waals surface area contributed by atoms with Crippen molar-refractivity contribution >= 4 is 27.4 Å². The first-order valence-electron chi connectivity index (χ1n) is 10.4. The van der Waals surface area contributed by atoms with Crippen molar-refractivity contribution in [1.82, 2.24) is 4.98 Å². The molecular formula is C27H21N. The molecule has 0 aliphatic heterocycles. The van der Waals surface area contributed by atoms with Crippen LogP contribution in [0, 0.1) is 11.8 Å². The number of hydrogen-bond donors (Lipinski definition) is 1. The molecule has 2 aromatic carbocycles. The first kappa shape index (κ1) is 14.9. The Morgan fingerprint density at radius 2 is 1.75 bits per heavy atom. The van der Waals surface area contributed by atoms with Gasteiger partial charge in [0.15, 0.2) is 0 Å². The minimum Gasteiger partial charge on any atom is -0.354 e. The molecule has 3 aromatic rings. The molecule has 4 aliphatic rings. The summed E-state index contributed by atoms with van der Waals surface area (Å²) in [4.78, 5) is 3.74. The Morgan fingerprint density at radius 3 is 2.71 bits per heavy atom. The molecule has 1 aromatic heterocycles. The fourth-order valence-electron chi connectivity index (χ4n) is 6.00. The van der Waals surface area contributed by atoms with Crippen molar-refractivity contribution in [2.24, 2.45) is 11.8 Å². The Kier molecular flexibility index (Phi) is 2.80. The average molecular weight is 359 g/mol. The van der Waals surface area contributed by atoms with Crippen LogP contribution in [0.5, 0.6) is 0 Å². The lowest BCUT2D eigenvalue weighted by Gasteiger charge is -2.36. The lowest BCUT2D eigenvalue weighted by atomic mass is 9.68. The summed E-state index contributed by atoms with van der Waals surface area (Å²) in [5.41, 5.74) is 12.0. The molecule has 0 spiro atoms. The third-order valence-electron chi connectivity index (χ3n) is 7.16. The quantitative estimate of drug-likeness (QED) is 0.462. The van der Waals surface area contributed by atoms with Crippen LogP contribution in [-0.2, 0) is 6.42 Å². The van der Waals surface area contributed by atoms with E-state index in [4.69, 9.17) is 0 Å². The number of aromatic amines is 1. The molecule has 2 unspecified atom stereocenters. The summed E-state index contributed by atoms with van der Waals surface area (Å²) >= 11 is 0. The monoisotopic (exact) mass is 359 g/mol. The van der Waals surface area contributed by atoms with Crippen LogP contribution in [0.2, 0.25) is 0 Å². The molecule has 1 heteroatoms. The summed E-state index contributed by atoms with van der Waals surface area (Å²) in [6, 6.07) is 13.4. The molecule has 0 fully saturated rings. The Labute approximate surface area is 164 Å². The van der Waals surface area contributed by atoms with Gasteiger partial charge < -0.3 is 4.98 Å². The highest BCUT2D eigenvalue weighted by Gasteiger charge is 2.39.